The molecule has 0 unspecified atom stereocenters. The third-order valence-corrected chi connectivity index (χ3v) is 6.34. The summed E-state index contributed by atoms with van der Waals surface area (Å²) in [5.74, 6) is 0.756. The summed E-state index contributed by atoms with van der Waals surface area (Å²) in [5, 5.41) is 7.16. The highest BCUT2D eigenvalue weighted by molar-refractivity contribution is 5.78. The minimum Gasteiger partial charge on any atom is -0.341 e. The fourth-order valence-electron chi connectivity index (χ4n) is 4.87. The molecule has 2 aromatic rings. The summed E-state index contributed by atoms with van der Waals surface area (Å²) < 4.78 is 3.79. The summed E-state index contributed by atoms with van der Waals surface area (Å²) in [6.45, 7) is 4.05. The maximum Gasteiger partial charge on any atom is 0.255 e. The normalized spacial score (nSPS) is 20.5. The number of rotatable bonds is 7. The second-order valence-electron chi connectivity index (χ2n) is 8.84. The molecule has 4 heterocycles. The number of hydrogen-bond acceptors (Lipinski definition) is 5. The first-order chi connectivity index (χ1) is 14.4. The molecule has 0 spiro atoms. The van der Waals surface area contributed by atoms with Crippen LogP contribution in [0.2, 0.25) is 0 Å². The van der Waals surface area contributed by atoms with Gasteiger partial charge in [0, 0.05) is 63.1 Å². The average Bonchev–Trinajstić information content (AvgIpc) is 3.14. The van der Waals surface area contributed by atoms with Gasteiger partial charge in [-0.25, -0.2) is 0 Å². The van der Waals surface area contributed by atoms with Crippen molar-refractivity contribution in [2.24, 2.45) is 13.0 Å². The summed E-state index contributed by atoms with van der Waals surface area (Å²) in [5.41, 5.74) is 3.26. The number of likely N-dealkylation sites (N-methyl/N-ethyl adjacent to an activating group) is 2. The molecule has 0 radical (unpaired) electrons. The van der Waals surface area contributed by atoms with Crippen LogP contribution in [-0.4, -0.2) is 70.3 Å². The zero-order chi connectivity index (χ0) is 21.3. The van der Waals surface area contributed by atoms with E-state index in [1.807, 2.05) is 39.7 Å². The second-order valence-corrected chi connectivity index (χ2v) is 8.84. The van der Waals surface area contributed by atoms with Crippen LogP contribution >= 0.6 is 0 Å². The number of fused-ring (bicyclic) bond motifs is 4. The van der Waals surface area contributed by atoms with Gasteiger partial charge in [0.1, 0.15) is 0 Å². The molecule has 1 N–H and O–H groups in total. The van der Waals surface area contributed by atoms with Crippen molar-refractivity contribution in [3.8, 4) is 0 Å². The molecule has 162 valence electrons. The Morgan fingerprint density at radius 2 is 2.13 bits per heavy atom. The van der Waals surface area contributed by atoms with Crippen LogP contribution in [0.3, 0.4) is 0 Å². The molecule has 2 aliphatic heterocycles. The molecule has 4 rings (SSSR count). The van der Waals surface area contributed by atoms with Crippen LogP contribution < -0.4 is 10.9 Å². The number of amides is 1. The van der Waals surface area contributed by atoms with Gasteiger partial charge in [0.25, 0.3) is 5.56 Å². The Kier molecular flexibility index (Phi) is 6.06. The number of hydrogen-bond donors (Lipinski definition) is 1. The first-order valence-electron chi connectivity index (χ1n) is 10.8. The molecule has 0 aromatic carbocycles. The van der Waals surface area contributed by atoms with E-state index < -0.39 is 0 Å². The van der Waals surface area contributed by atoms with E-state index in [-0.39, 0.29) is 17.4 Å². The number of aryl methyl sites for hydroxylation is 1. The molecular weight excluding hydrogens is 380 g/mol. The van der Waals surface area contributed by atoms with Gasteiger partial charge in [-0.15, -0.1) is 0 Å². The van der Waals surface area contributed by atoms with E-state index in [1.165, 1.54) is 5.56 Å². The van der Waals surface area contributed by atoms with E-state index in [2.05, 4.69) is 28.4 Å². The van der Waals surface area contributed by atoms with E-state index in [0.717, 1.165) is 37.2 Å². The van der Waals surface area contributed by atoms with E-state index in [0.29, 0.717) is 32.1 Å². The van der Waals surface area contributed by atoms with Gasteiger partial charge in [-0.1, -0.05) is 6.07 Å². The highest BCUT2D eigenvalue weighted by atomic mass is 16.2. The number of aromatic nitrogens is 3. The minimum atomic E-state index is 0.130. The van der Waals surface area contributed by atoms with E-state index in [9.17, 15) is 9.59 Å². The molecule has 30 heavy (non-hydrogen) atoms. The van der Waals surface area contributed by atoms with Gasteiger partial charge in [0.2, 0.25) is 5.91 Å². The Labute approximate surface area is 177 Å². The fourth-order valence-corrected chi connectivity index (χ4v) is 4.87. The molecule has 8 heteroatoms. The summed E-state index contributed by atoms with van der Waals surface area (Å²) >= 11 is 0. The predicted molar refractivity (Wildman–Crippen MR) is 115 cm³/mol. The molecule has 2 bridgehead atoms. The van der Waals surface area contributed by atoms with Crippen LogP contribution in [0, 0.1) is 5.92 Å². The van der Waals surface area contributed by atoms with Gasteiger partial charge < -0.3 is 19.7 Å². The van der Waals surface area contributed by atoms with Crippen LogP contribution in [0.25, 0.3) is 0 Å². The van der Waals surface area contributed by atoms with Gasteiger partial charge in [-0.3, -0.25) is 14.3 Å². The Morgan fingerprint density at radius 1 is 1.30 bits per heavy atom. The van der Waals surface area contributed by atoms with Crippen molar-refractivity contribution in [3.05, 3.63) is 51.7 Å². The maximum atomic E-state index is 13.2. The molecule has 2 aromatic heterocycles. The van der Waals surface area contributed by atoms with Gasteiger partial charge in [-0.2, -0.15) is 5.10 Å². The topological polar surface area (TPSA) is 75.4 Å². The standard InChI is InChI=1S/C22H32N6O2/c1-23-10-21(29)27-12-17-8-19(15-27)20-5-4-18(22(30)28(20)13-17)14-25(2)7-6-16-9-24-26(3)11-16/h4-5,9,11,17,19,23H,6-8,10,12-15H2,1-3H3/t17-,19+/m0/s1. The lowest BCUT2D eigenvalue weighted by molar-refractivity contribution is -0.132. The third-order valence-electron chi connectivity index (χ3n) is 6.34. The van der Waals surface area contributed by atoms with Crippen molar-refractivity contribution >= 4 is 5.91 Å². The Bertz CT molecular complexity index is 965. The third kappa shape index (κ3) is 4.34. The number of carbonyl (C=O) groups excluding carboxylic acids is 1. The zero-order valence-electron chi connectivity index (χ0n) is 18.2. The van der Waals surface area contributed by atoms with Gasteiger partial charge in [0.05, 0.1) is 12.7 Å². The summed E-state index contributed by atoms with van der Waals surface area (Å²) in [6.07, 6.45) is 5.90. The highest BCUT2D eigenvalue weighted by Gasteiger charge is 2.36. The smallest absolute Gasteiger partial charge is 0.255 e. The fraction of sp³-hybridized carbons (Fsp3) is 0.591. The maximum absolute atomic E-state index is 13.2. The van der Waals surface area contributed by atoms with E-state index in [1.54, 1.807) is 7.05 Å². The van der Waals surface area contributed by atoms with Crippen LogP contribution in [0.15, 0.2) is 29.3 Å². The summed E-state index contributed by atoms with van der Waals surface area (Å²) in [7, 11) is 5.78. The van der Waals surface area contributed by atoms with Gasteiger partial charge in [0.15, 0.2) is 0 Å². The highest BCUT2D eigenvalue weighted by Crippen LogP contribution is 2.35. The molecule has 8 nitrogen and oxygen atoms in total. The quantitative estimate of drug-likeness (QED) is 0.714. The number of pyridine rings is 1. The Morgan fingerprint density at radius 3 is 2.87 bits per heavy atom. The lowest BCUT2D eigenvalue weighted by Crippen LogP contribution is -2.51. The average molecular weight is 413 g/mol. The number of nitrogens with zero attached hydrogens (tertiary/aromatic N) is 5. The van der Waals surface area contributed by atoms with Crippen molar-refractivity contribution in [2.75, 3.05) is 40.3 Å². The van der Waals surface area contributed by atoms with Crippen LogP contribution in [0.5, 0.6) is 0 Å². The van der Waals surface area contributed by atoms with E-state index >= 15 is 0 Å². The molecule has 1 fully saturated rings. The largest absolute Gasteiger partial charge is 0.341 e. The van der Waals surface area contributed by atoms with Crippen molar-refractivity contribution < 1.29 is 4.79 Å². The SMILES string of the molecule is CNCC(=O)N1C[C@@H]2C[C@H](C1)c1ccc(CN(C)CCc3cnn(C)c3)c(=O)n1C2. The lowest BCUT2D eigenvalue weighted by Gasteiger charge is -2.43. The van der Waals surface area contributed by atoms with Crippen LogP contribution in [0.1, 0.15) is 29.2 Å². The molecule has 2 atom stereocenters. The number of likely N-dealkylation sites (tertiary alicyclic amines) is 1. The molecule has 2 aliphatic rings. The van der Waals surface area contributed by atoms with Crippen molar-refractivity contribution in [3.63, 3.8) is 0 Å². The van der Waals surface area contributed by atoms with Crippen LogP contribution in [-0.2, 0) is 31.4 Å². The summed E-state index contributed by atoms with van der Waals surface area (Å²) in [4.78, 5) is 29.7. The predicted octanol–water partition coefficient (Wildman–Crippen LogP) is 0.421. The first-order valence-corrected chi connectivity index (χ1v) is 10.8. The molecule has 0 aliphatic carbocycles. The minimum absolute atomic E-state index is 0.130. The first kappa shape index (κ1) is 20.8. The molecule has 1 saturated heterocycles. The lowest BCUT2D eigenvalue weighted by atomic mass is 9.83. The number of piperidine rings is 1. The van der Waals surface area contributed by atoms with Crippen molar-refractivity contribution in [1.82, 2.24) is 29.5 Å². The number of nitrogens with one attached hydrogen (secondary N) is 1. The van der Waals surface area contributed by atoms with E-state index in [4.69, 9.17) is 0 Å². The molecular formula is C22H32N6O2. The van der Waals surface area contributed by atoms with Gasteiger partial charge >= 0.3 is 0 Å². The van der Waals surface area contributed by atoms with Gasteiger partial charge in [-0.05, 0) is 44.5 Å². The number of carbonyl (C=O) groups is 1. The monoisotopic (exact) mass is 412 g/mol. The van der Waals surface area contributed by atoms with Crippen molar-refractivity contribution in [2.45, 2.75) is 31.8 Å². The molecule has 0 saturated carbocycles. The Balaban J connectivity index is 1.44. The molecule has 1 amide bonds. The second kappa shape index (κ2) is 8.73. The summed E-state index contributed by atoms with van der Waals surface area (Å²) in [6, 6.07) is 4.10. The van der Waals surface area contributed by atoms with Crippen molar-refractivity contribution in [1.29, 1.82) is 0 Å². The van der Waals surface area contributed by atoms with Crippen LogP contribution in [0.4, 0.5) is 0 Å². The zero-order valence-corrected chi connectivity index (χ0v) is 18.2. The Hall–Kier alpha value is -2.45.